The monoisotopic (exact) mass is 209 g/mol. The first-order valence-electron chi connectivity index (χ1n) is 4.61. The Hall–Kier alpha value is -0.710. The zero-order valence-electron chi connectivity index (χ0n) is 8.80. The Morgan fingerprint density at radius 3 is 2.50 bits per heavy atom. The van der Waals surface area contributed by atoms with E-state index in [1.165, 1.54) is 4.90 Å². The summed E-state index contributed by atoms with van der Waals surface area (Å²) in [4.78, 5) is 12.5. The standard InChI is InChI=1S/C9H17F2NO2/c1-4-14-9(13)5-7(2)12(3)6-8(10)11/h7-8H,4-6H2,1-3H3. The number of esters is 1. The van der Waals surface area contributed by atoms with Gasteiger partial charge >= 0.3 is 5.97 Å². The second kappa shape index (κ2) is 6.70. The second-order valence-corrected chi connectivity index (χ2v) is 3.19. The molecule has 0 N–H and O–H groups in total. The third-order valence-corrected chi connectivity index (χ3v) is 1.95. The van der Waals surface area contributed by atoms with E-state index in [0.29, 0.717) is 6.61 Å². The number of rotatable bonds is 6. The van der Waals surface area contributed by atoms with Gasteiger partial charge in [-0.1, -0.05) is 0 Å². The van der Waals surface area contributed by atoms with Gasteiger partial charge < -0.3 is 4.74 Å². The molecule has 3 nitrogen and oxygen atoms in total. The number of hydrogen-bond donors (Lipinski definition) is 0. The molecule has 1 atom stereocenters. The lowest BCUT2D eigenvalue weighted by Crippen LogP contribution is -2.35. The first kappa shape index (κ1) is 13.3. The highest BCUT2D eigenvalue weighted by atomic mass is 19.3. The van der Waals surface area contributed by atoms with Crippen LogP contribution < -0.4 is 0 Å². The van der Waals surface area contributed by atoms with Crippen LogP contribution in [0.1, 0.15) is 20.3 Å². The molecular formula is C9H17F2NO2. The van der Waals surface area contributed by atoms with Crippen LogP contribution in [0.4, 0.5) is 8.78 Å². The van der Waals surface area contributed by atoms with Gasteiger partial charge in [0.2, 0.25) is 0 Å². The molecule has 0 aromatic carbocycles. The highest BCUT2D eigenvalue weighted by Gasteiger charge is 2.17. The van der Waals surface area contributed by atoms with Gasteiger partial charge in [-0.05, 0) is 20.9 Å². The molecule has 0 aliphatic heterocycles. The van der Waals surface area contributed by atoms with E-state index >= 15 is 0 Å². The van der Waals surface area contributed by atoms with Gasteiger partial charge in [-0.25, -0.2) is 8.78 Å². The van der Waals surface area contributed by atoms with Crippen LogP contribution in [-0.4, -0.2) is 43.5 Å². The van der Waals surface area contributed by atoms with Crippen LogP contribution in [0.15, 0.2) is 0 Å². The van der Waals surface area contributed by atoms with Gasteiger partial charge in [0.15, 0.2) is 0 Å². The maximum Gasteiger partial charge on any atom is 0.307 e. The van der Waals surface area contributed by atoms with Gasteiger partial charge in [-0.2, -0.15) is 0 Å². The number of carbonyl (C=O) groups is 1. The predicted molar refractivity (Wildman–Crippen MR) is 49.3 cm³/mol. The van der Waals surface area contributed by atoms with E-state index in [9.17, 15) is 13.6 Å². The molecule has 1 unspecified atom stereocenters. The second-order valence-electron chi connectivity index (χ2n) is 3.19. The minimum atomic E-state index is -2.37. The fourth-order valence-electron chi connectivity index (χ4n) is 1.01. The molecule has 0 heterocycles. The van der Waals surface area contributed by atoms with Gasteiger partial charge in [0, 0.05) is 6.04 Å². The SMILES string of the molecule is CCOC(=O)CC(C)N(C)CC(F)F. The number of ether oxygens (including phenoxy) is 1. The van der Waals surface area contributed by atoms with E-state index in [0.717, 1.165) is 0 Å². The number of alkyl halides is 2. The van der Waals surface area contributed by atoms with E-state index in [1.807, 2.05) is 0 Å². The molecule has 0 saturated heterocycles. The average molecular weight is 209 g/mol. The summed E-state index contributed by atoms with van der Waals surface area (Å²) in [5.41, 5.74) is 0. The minimum Gasteiger partial charge on any atom is -0.466 e. The maximum absolute atomic E-state index is 12.0. The summed E-state index contributed by atoms with van der Waals surface area (Å²) in [5, 5.41) is 0. The average Bonchev–Trinajstić information content (AvgIpc) is 2.02. The summed E-state index contributed by atoms with van der Waals surface area (Å²) in [6, 6.07) is -0.219. The molecule has 84 valence electrons. The number of hydrogen-bond acceptors (Lipinski definition) is 3. The Morgan fingerprint density at radius 2 is 2.07 bits per heavy atom. The molecule has 0 aromatic rings. The molecule has 0 aliphatic carbocycles. The smallest absolute Gasteiger partial charge is 0.307 e. The summed E-state index contributed by atoms with van der Waals surface area (Å²) in [6.07, 6.45) is -2.22. The molecule has 0 spiro atoms. The molecule has 14 heavy (non-hydrogen) atoms. The van der Waals surface area contributed by atoms with Crippen molar-refractivity contribution in [2.75, 3.05) is 20.2 Å². The van der Waals surface area contributed by atoms with Crippen molar-refractivity contribution >= 4 is 5.97 Å². The molecule has 0 fully saturated rings. The van der Waals surface area contributed by atoms with Gasteiger partial charge in [-0.3, -0.25) is 9.69 Å². The van der Waals surface area contributed by atoms with Crippen molar-refractivity contribution in [1.29, 1.82) is 0 Å². The first-order valence-corrected chi connectivity index (χ1v) is 4.61. The molecular weight excluding hydrogens is 192 g/mol. The molecule has 0 aromatic heterocycles. The lowest BCUT2D eigenvalue weighted by Gasteiger charge is -2.23. The minimum absolute atomic E-state index is 0.150. The molecule has 0 radical (unpaired) electrons. The fourth-order valence-corrected chi connectivity index (χ4v) is 1.01. The van der Waals surface area contributed by atoms with Gasteiger partial charge in [0.05, 0.1) is 19.6 Å². The van der Waals surface area contributed by atoms with Crippen molar-refractivity contribution in [2.45, 2.75) is 32.7 Å². The largest absolute Gasteiger partial charge is 0.466 e. The molecule has 0 saturated carbocycles. The molecule has 0 amide bonds. The Kier molecular flexibility index (Phi) is 6.36. The van der Waals surface area contributed by atoms with Crippen LogP contribution in [0.5, 0.6) is 0 Å². The molecule has 0 rings (SSSR count). The van der Waals surface area contributed by atoms with Crippen LogP contribution in [0.2, 0.25) is 0 Å². The Bertz CT molecular complexity index is 176. The van der Waals surface area contributed by atoms with Crippen LogP contribution in [-0.2, 0) is 9.53 Å². The van der Waals surface area contributed by atoms with Crippen LogP contribution >= 0.6 is 0 Å². The van der Waals surface area contributed by atoms with E-state index in [4.69, 9.17) is 4.74 Å². The molecule has 0 bridgehead atoms. The van der Waals surface area contributed by atoms with Gasteiger partial charge in [-0.15, -0.1) is 0 Å². The maximum atomic E-state index is 12.0. The quantitative estimate of drug-likeness (QED) is 0.621. The van der Waals surface area contributed by atoms with Crippen molar-refractivity contribution < 1.29 is 18.3 Å². The normalized spacial score (nSPS) is 13.4. The molecule has 0 aliphatic rings. The topological polar surface area (TPSA) is 29.5 Å². The summed E-state index contributed by atoms with van der Waals surface area (Å²) in [5.74, 6) is -0.346. The Morgan fingerprint density at radius 1 is 1.50 bits per heavy atom. The first-order chi connectivity index (χ1) is 6.47. The van der Waals surface area contributed by atoms with Crippen LogP contribution in [0, 0.1) is 0 Å². The van der Waals surface area contributed by atoms with E-state index in [1.54, 1.807) is 20.9 Å². The number of halogens is 2. The van der Waals surface area contributed by atoms with Crippen LogP contribution in [0.3, 0.4) is 0 Å². The van der Waals surface area contributed by atoms with Crippen molar-refractivity contribution in [3.05, 3.63) is 0 Å². The Balaban J connectivity index is 3.82. The highest BCUT2D eigenvalue weighted by molar-refractivity contribution is 5.69. The lowest BCUT2D eigenvalue weighted by molar-refractivity contribution is -0.144. The van der Waals surface area contributed by atoms with E-state index in [2.05, 4.69) is 0 Å². The summed E-state index contributed by atoms with van der Waals surface area (Å²) in [7, 11) is 1.57. The molecule has 5 heteroatoms. The summed E-state index contributed by atoms with van der Waals surface area (Å²) < 4.78 is 28.7. The van der Waals surface area contributed by atoms with Crippen molar-refractivity contribution in [1.82, 2.24) is 4.90 Å². The highest BCUT2D eigenvalue weighted by Crippen LogP contribution is 2.05. The van der Waals surface area contributed by atoms with Crippen molar-refractivity contribution in [2.24, 2.45) is 0 Å². The van der Waals surface area contributed by atoms with Crippen molar-refractivity contribution in [3.63, 3.8) is 0 Å². The predicted octanol–water partition coefficient (Wildman–Crippen LogP) is 1.53. The Labute approximate surface area is 83.0 Å². The summed E-state index contributed by atoms with van der Waals surface area (Å²) >= 11 is 0. The van der Waals surface area contributed by atoms with E-state index < -0.39 is 6.43 Å². The van der Waals surface area contributed by atoms with Crippen LogP contribution in [0.25, 0.3) is 0 Å². The fraction of sp³-hybridized carbons (Fsp3) is 0.889. The third-order valence-electron chi connectivity index (χ3n) is 1.95. The lowest BCUT2D eigenvalue weighted by atomic mass is 10.2. The van der Waals surface area contributed by atoms with Crippen molar-refractivity contribution in [3.8, 4) is 0 Å². The number of carbonyl (C=O) groups excluding carboxylic acids is 1. The van der Waals surface area contributed by atoms with E-state index in [-0.39, 0.29) is 25.0 Å². The summed E-state index contributed by atoms with van der Waals surface area (Å²) in [6.45, 7) is 3.44. The zero-order chi connectivity index (χ0) is 11.1. The number of nitrogens with zero attached hydrogens (tertiary/aromatic N) is 1. The zero-order valence-corrected chi connectivity index (χ0v) is 8.80. The third kappa shape index (κ3) is 5.85. The van der Waals surface area contributed by atoms with Gasteiger partial charge in [0.1, 0.15) is 0 Å². The van der Waals surface area contributed by atoms with Gasteiger partial charge in [0.25, 0.3) is 6.43 Å².